The number of aromatic nitrogens is 1. The molecule has 1 amide bonds. The molecule has 0 saturated carbocycles. The van der Waals surface area contributed by atoms with Crippen molar-refractivity contribution < 1.29 is 22.4 Å². The quantitative estimate of drug-likeness (QED) is 0.741. The zero-order chi connectivity index (χ0) is 19.8. The lowest BCUT2D eigenvalue weighted by molar-refractivity contribution is -0.139. The molecule has 9 heteroatoms. The minimum atomic E-state index is -4.79. The predicted molar refractivity (Wildman–Crippen MR) is 95.9 cm³/mol. The molecule has 1 aliphatic heterocycles. The highest BCUT2D eigenvalue weighted by Gasteiger charge is 2.35. The van der Waals surface area contributed by atoms with E-state index in [0.29, 0.717) is 23.4 Å². The van der Waals surface area contributed by atoms with E-state index in [1.165, 1.54) is 24.3 Å². The number of rotatable bonds is 4. The molecular weight excluding hydrogens is 382 g/mol. The van der Waals surface area contributed by atoms with Crippen molar-refractivity contribution in [3.63, 3.8) is 0 Å². The van der Waals surface area contributed by atoms with Crippen molar-refractivity contribution in [3.8, 4) is 11.3 Å². The number of hydrogen-bond acceptors (Lipinski definition) is 4. The molecule has 1 aromatic heterocycles. The second kappa shape index (κ2) is 7.55. The van der Waals surface area contributed by atoms with Crippen LogP contribution in [-0.4, -0.2) is 28.4 Å². The van der Waals surface area contributed by atoms with E-state index < -0.39 is 17.6 Å². The van der Waals surface area contributed by atoms with Gasteiger partial charge >= 0.3 is 6.18 Å². The topological polar surface area (TPSA) is 45.2 Å². The third-order valence-corrected chi connectivity index (χ3v) is 5.52. The van der Waals surface area contributed by atoms with Gasteiger partial charge in [0.15, 0.2) is 5.13 Å². The number of likely N-dealkylation sites (tertiary alicyclic amines) is 1. The summed E-state index contributed by atoms with van der Waals surface area (Å²) >= 11 is 1.23. The summed E-state index contributed by atoms with van der Waals surface area (Å²) < 4.78 is 52.9. The maximum atomic E-state index is 13.6. The Labute approximate surface area is 158 Å². The number of benzene rings is 1. The first-order valence-electron chi connectivity index (χ1n) is 8.53. The molecule has 1 aliphatic rings. The second-order valence-corrected chi connectivity index (χ2v) is 7.71. The maximum absolute atomic E-state index is 13.6. The van der Waals surface area contributed by atoms with Crippen LogP contribution in [-0.2, 0) is 17.5 Å². The van der Waals surface area contributed by atoms with Gasteiger partial charge in [0, 0.05) is 30.0 Å². The van der Waals surface area contributed by atoms with E-state index in [1.807, 2.05) is 0 Å². The number of carbonyl (C=O) groups is 1. The monoisotopic (exact) mass is 401 g/mol. The van der Waals surface area contributed by atoms with Crippen molar-refractivity contribution >= 4 is 22.4 Å². The molecule has 4 nitrogen and oxygen atoms in total. The van der Waals surface area contributed by atoms with Crippen LogP contribution in [0.15, 0.2) is 18.2 Å². The summed E-state index contributed by atoms with van der Waals surface area (Å²) in [6.07, 6.45) is -2.68. The van der Waals surface area contributed by atoms with Gasteiger partial charge in [0.1, 0.15) is 5.82 Å². The molecule has 1 N–H and O–H groups in total. The van der Waals surface area contributed by atoms with Crippen LogP contribution in [0.4, 0.5) is 22.7 Å². The summed E-state index contributed by atoms with van der Waals surface area (Å²) in [5, 5.41) is 2.90. The first kappa shape index (κ1) is 19.8. The van der Waals surface area contributed by atoms with Crippen LogP contribution in [0.2, 0.25) is 0 Å². The minimum Gasteiger partial charge on any atom is -0.302 e. The second-order valence-electron chi connectivity index (χ2n) is 6.63. The Balaban J connectivity index is 2.02. The molecule has 0 bridgehead atoms. The Hall–Kier alpha value is -2.00. The highest BCUT2D eigenvalue weighted by Crippen LogP contribution is 2.38. The van der Waals surface area contributed by atoms with Gasteiger partial charge in [0.2, 0.25) is 5.91 Å². The number of halogens is 4. The average molecular weight is 401 g/mol. The molecule has 1 fully saturated rings. The number of thiazole rings is 1. The maximum Gasteiger partial charge on any atom is 0.419 e. The number of nitrogens with zero attached hydrogens (tertiary/aromatic N) is 2. The number of anilines is 1. The number of nitrogens with one attached hydrogen (secondary N) is 1. The summed E-state index contributed by atoms with van der Waals surface area (Å²) in [5.74, 6) is -1.63. The molecule has 0 spiro atoms. The summed E-state index contributed by atoms with van der Waals surface area (Å²) in [6, 6.07) is 3.23. The smallest absolute Gasteiger partial charge is 0.302 e. The zero-order valence-corrected chi connectivity index (χ0v) is 15.7. The molecule has 1 atom stereocenters. The van der Waals surface area contributed by atoms with Gasteiger partial charge in [0.05, 0.1) is 11.3 Å². The van der Waals surface area contributed by atoms with E-state index in [4.69, 9.17) is 0 Å². The van der Waals surface area contributed by atoms with Gasteiger partial charge < -0.3 is 5.32 Å². The molecule has 146 valence electrons. The van der Waals surface area contributed by atoms with E-state index in [1.54, 1.807) is 0 Å². The Morgan fingerprint density at radius 2 is 2.15 bits per heavy atom. The lowest BCUT2D eigenvalue weighted by Gasteiger charge is -2.20. The van der Waals surface area contributed by atoms with Gasteiger partial charge in [0.25, 0.3) is 0 Å². The molecule has 2 heterocycles. The summed E-state index contributed by atoms with van der Waals surface area (Å²) in [7, 11) is 0. The fourth-order valence-corrected chi connectivity index (χ4v) is 4.25. The molecule has 1 unspecified atom stereocenters. The summed E-state index contributed by atoms with van der Waals surface area (Å²) in [6.45, 7) is 4.85. The van der Waals surface area contributed by atoms with Crippen LogP contribution in [0.1, 0.15) is 37.1 Å². The van der Waals surface area contributed by atoms with Crippen molar-refractivity contribution in [3.05, 3.63) is 34.5 Å². The van der Waals surface area contributed by atoms with E-state index >= 15 is 0 Å². The van der Waals surface area contributed by atoms with Gasteiger partial charge in [-0.05, 0) is 44.5 Å². The number of carbonyl (C=O) groups excluding carboxylic acids is 1. The molecule has 0 radical (unpaired) electrons. The normalized spacial score (nSPS) is 18.1. The van der Waals surface area contributed by atoms with Crippen molar-refractivity contribution in [1.29, 1.82) is 0 Å². The van der Waals surface area contributed by atoms with Crippen LogP contribution in [0.3, 0.4) is 0 Å². The Morgan fingerprint density at radius 1 is 1.41 bits per heavy atom. The average Bonchev–Trinajstić information content (AvgIpc) is 3.13. The lowest BCUT2D eigenvalue weighted by Crippen LogP contribution is -2.25. The van der Waals surface area contributed by atoms with Gasteiger partial charge in [-0.25, -0.2) is 9.37 Å². The fourth-order valence-electron chi connectivity index (χ4n) is 3.19. The molecule has 27 heavy (non-hydrogen) atoms. The highest BCUT2D eigenvalue weighted by atomic mass is 32.1. The van der Waals surface area contributed by atoms with Crippen molar-refractivity contribution in [2.24, 2.45) is 0 Å². The highest BCUT2D eigenvalue weighted by molar-refractivity contribution is 7.16. The van der Waals surface area contributed by atoms with Crippen molar-refractivity contribution in [2.45, 2.75) is 45.5 Å². The van der Waals surface area contributed by atoms with Crippen LogP contribution >= 0.6 is 11.3 Å². The van der Waals surface area contributed by atoms with Gasteiger partial charge in [-0.2, -0.15) is 13.2 Å². The minimum absolute atomic E-state index is 0.179. The first-order valence-corrected chi connectivity index (χ1v) is 9.35. The molecular formula is C18H19F4N3OS. The largest absolute Gasteiger partial charge is 0.419 e. The molecule has 1 saturated heterocycles. The first-order chi connectivity index (χ1) is 12.6. The van der Waals surface area contributed by atoms with Crippen LogP contribution in [0.25, 0.3) is 11.3 Å². The molecule has 2 aromatic rings. The van der Waals surface area contributed by atoms with E-state index in [0.717, 1.165) is 36.4 Å². The summed E-state index contributed by atoms with van der Waals surface area (Å²) in [5.41, 5.74) is -0.804. The van der Waals surface area contributed by atoms with E-state index in [-0.39, 0.29) is 11.5 Å². The van der Waals surface area contributed by atoms with Crippen molar-refractivity contribution in [1.82, 2.24) is 9.88 Å². The lowest BCUT2D eigenvalue weighted by atomic mass is 10.1. The molecule has 0 aliphatic carbocycles. The fraction of sp³-hybridized carbons (Fsp3) is 0.444. The van der Waals surface area contributed by atoms with E-state index in [2.05, 4.69) is 22.1 Å². The Bertz CT molecular complexity index is 850. The third-order valence-electron chi connectivity index (χ3n) is 4.56. The number of hydrogen-bond donors (Lipinski definition) is 1. The Kier molecular flexibility index (Phi) is 5.53. The van der Waals surface area contributed by atoms with Crippen molar-refractivity contribution in [2.75, 3.05) is 11.9 Å². The van der Waals surface area contributed by atoms with Crippen LogP contribution in [0, 0.1) is 5.82 Å². The molecule has 1 aromatic carbocycles. The van der Waals surface area contributed by atoms with Crippen LogP contribution in [0.5, 0.6) is 0 Å². The predicted octanol–water partition coefficient (Wildman–Crippen LogP) is 4.91. The van der Waals surface area contributed by atoms with Gasteiger partial charge in [-0.1, -0.05) is 11.3 Å². The van der Waals surface area contributed by atoms with E-state index in [9.17, 15) is 22.4 Å². The summed E-state index contributed by atoms with van der Waals surface area (Å²) in [4.78, 5) is 18.6. The molecule has 3 rings (SSSR count). The van der Waals surface area contributed by atoms with Gasteiger partial charge in [-0.15, -0.1) is 0 Å². The number of amides is 1. The zero-order valence-electron chi connectivity index (χ0n) is 14.9. The standard InChI is InChI=1S/C18H19F4N3OS/c1-10-4-3-7-25(10)9-15-16(24-17(27-15)23-11(2)26)12-5-6-14(19)13(8-12)18(20,21)22/h5-6,8,10H,3-4,7,9H2,1-2H3,(H,23,24,26). The van der Waals surface area contributed by atoms with Gasteiger partial charge in [-0.3, -0.25) is 9.69 Å². The third kappa shape index (κ3) is 4.47. The number of alkyl halides is 3. The Morgan fingerprint density at radius 3 is 2.74 bits per heavy atom. The SMILES string of the molecule is CC(=O)Nc1nc(-c2ccc(F)c(C(F)(F)F)c2)c(CN2CCCC2C)s1. The van der Waals surface area contributed by atoms with Crippen LogP contribution < -0.4 is 5.32 Å².